The number of benzene rings is 1. The number of fused-ring (bicyclic) bond motifs is 1. The van der Waals surface area contributed by atoms with Crippen molar-refractivity contribution < 1.29 is 4.79 Å². The summed E-state index contributed by atoms with van der Waals surface area (Å²) in [5, 5.41) is 2.96. The Bertz CT molecular complexity index is 453. The van der Waals surface area contributed by atoms with Crippen LogP contribution in [-0.4, -0.2) is 12.5 Å². The van der Waals surface area contributed by atoms with Gasteiger partial charge in [0.2, 0.25) is 5.91 Å². The van der Waals surface area contributed by atoms with Crippen LogP contribution in [0.3, 0.4) is 0 Å². The summed E-state index contributed by atoms with van der Waals surface area (Å²) in [6.07, 6.45) is 0.603. The lowest BCUT2D eigenvalue weighted by Gasteiger charge is -2.29. The highest BCUT2D eigenvalue weighted by Crippen LogP contribution is 2.35. The monoisotopic (exact) mass is 232 g/mol. The van der Waals surface area contributed by atoms with Crippen LogP contribution in [0.5, 0.6) is 0 Å². The Kier molecular flexibility index (Phi) is 2.74. The zero-order chi connectivity index (χ0) is 12.7. The Morgan fingerprint density at radius 3 is 2.47 bits per heavy atom. The number of carbonyl (C=O) groups excluding carboxylic acids is 1. The van der Waals surface area contributed by atoms with Gasteiger partial charge in [0, 0.05) is 12.0 Å². The third-order valence-electron chi connectivity index (χ3n) is 3.79. The molecule has 1 aromatic carbocycles. The molecule has 0 spiro atoms. The van der Waals surface area contributed by atoms with E-state index in [-0.39, 0.29) is 11.3 Å². The molecule has 0 radical (unpaired) electrons. The van der Waals surface area contributed by atoms with Crippen LogP contribution < -0.4 is 11.1 Å². The largest absolute Gasteiger partial charge is 0.353 e. The summed E-state index contributed by atoms with van der Waals surface area (Å²) in [5.74, 6) is -0.0713. The fourth-order valence-electron chi connectivity index (χ4n) is 2.49. The van der Waals surface area contributed by atoms with Gasteiger partial charge in [-0.1, -0.05) is 45.0 Å². The molecule has 17 heavy (non-hydrogen) atoms. The van der Waals surface area contributed by atoms with Gasteiger partial charge >= 0.3 is 0 Å². The minimum atomic E-state index is -0.898. The first-order valence-electron chi connectivity index (χ1n) is 6.09. The van der Waals surface area contributed by atoms with E-state index >= 15 is 0 Å². The van der Waals surface area contributed by atoms with Crippen LogP contribution in [0.4, 0.5) is 0 Å². The van der Waals surface area contributed by atoms with Crippen molar-refractivity contribution in [2.75, 3.05) is 6.54 Å². The Labute approximate surface area is 102 Å². The van der Waals surface area contributed by atoms with E-state index in [1.165, 1.54) is 5.56 Å². The molecule has 0 bridgehead atoms. The Hall–Kier alpha value is -1.35. The normalized spacial score (nSPS) is 26.9. The van der Waals surface area contributed by atoms with E-state index in [0.717, 1.165) is 5.56 Å². The summed E-state index contributed by atoms with van der Waals surface area (Å²) in [7, 11) is 0. The van der Waals surface area contributed by atoms with Crippen LogP contribution in [0.1, 0.15) is 38.3 Å². The van der Waals surface area contributed by atoms with Gasteiger partial charge in [-0.2, -0.15) is 0 Å². The van der Waals surface area contributed by atoms with Gasteiger partial charge in [0.15, 0.2) is 0 Å². The van der Waals surface area contributed by atoms with Crippen molar-refractivity contribution >= 4 is 5.91 Å². The molecule has 2 rings (SSSR count). The highest BCUT2D eigenvalue weighted by atomic mass is 16.2. The minimum absolute atomic E-state index is 0.0713. The lowest BCUT2D eigenvalue weighted by molar-refractivity contribution is -0.126. The highest BCUT2D eigenvalue weighted by molar-refractivity contribution is 5.88. The molecule has 1 amide bonds. The van der Waals surface area contributed by atoms with Crippen LogP contribution in [0.25, 0.3) is 0 Å². The molecule has 1 heterocycles. The zero-order valence-corrected chi connectivity index (χ0v) is 10.7. The van der Waals surface area contributed by atoms with E-state index in [9.17, 15) is 4.79 Å². The number of hydrogen-bond donors (Lipinski definition) is 2. The van der Waals surface area contributed by atoms with Gasteiger partial charge in [-0.05, 0) is 17.5 Å². The predicted octanol–water partition coefficient (Wildman–Crippen LogP) is 1.66. The molecule has 92 valence electrons. The zero-order valence-electron chi connectivity index (χ0n) is 10.7. The van der Waals surface area contributed by atoms with Gasteiger partial charge in [-0.25, -0.2) is 0 Å². The van der Waals surface area contributed by atoms with Crippen molar-refractivity contribution in [3.05, 3.63) is 35.4 Å². The van der Waals surface area contributed by atoms with Crippen molar-refractivity contribution in [3.8, 4) is 0 Å². The molecule has 1 aliphatic heterocycles. The van der Waals surface area contributed by atoms with Crippen molar-refractivity contribution in [3.63, 3.8) is 0 Å². The number of nitrogens with two attached hydrogens (primary N) is 1. The van der Waals surface area contributed by atoms with Crippen LogP contribution in [0.2, 0.25) is 0 Å². The number of hydrogen-bond acceptors (Lipinski definition) is 2. The number of amides is 1. The van der Waals surface area contributed by atoms with E-state index in [2.05, 4.69) is 25.2 Å². The molecular formula is C14H20N2O. The Morgan fingerprint density at radius 1 is 1.29 bits per heavy atom. The second-order valence-corrected chi connectivity index (χ2v) is 5.44. The molecule has 0 saturated heterocycles. The first-order valence-corrected chi connectivity index (χ1v) is 6.09. The third kappa shape index (κ3) is 1.75. The smallest absolute Gasteiger partial charge is 0.244 e. The van der Waals surface area contributed by atoms with Crippen molar-refractivity contribution in [1.82, 2.24) is 5.32 Å². The fraction of sp³-hybridized carbons (Fsp3) is 0.500. The van der Waals surface area contributed by atoms with E-state index < -0.39 is 5.54 Å². The first-order chi connectivity index (χ1) is 7.92. The number of rotatable bonds is 1. The molecule has 1 aliphatic rings. The second-order valence-electron chi connectivity index (χ2n) is 5.44. The molecule has 3 heteroatoms. The van der Waals surface area contributed by atoms with Gasteiger partial charge in [0.05, 0.1) is 0 Å². The highest BCUT2D eigenvalue weighted by Gasteiger charge is 2.41. The van der Waals surface area contributed by atoms with Crippen molar-refractivity contribution in [1.29, 1.82) is 0 Å². The summed E-state index contributed by atoms with van der Waals surface area (Å²) in [6, 6.07) is 8.01. The maximum absolute atomic E-state index is 12.2. The molecule has 1 unspecified atom stereocenters. The van der Waals surface area contributed by atoms with Gasteiger partial charge in [0.1, 0.15) is 5.54 Å². The summed E-state index contributed by atoms with van der Waals surface area (Å²) in [6.45, 7) is 6.84. The molecule has 0 aliphatic carbocycles. The Morgan fingerprint density at radius 2 is 1.88 bits per heavy atom. The Balaban J connectivity index is 2.69. The van der Waals surface area contributed by atoms with Gasteiger partial charge in [-0.15, -0.1) is 0 Å². The number of nitrogens with one attached hydrogen (secondary N) is 1. The van der Waals surface area contributed by atoms with Gasteiger partial charge < -0.3 is 11.1 Å². The van der Waals surface area contributed by atoms with Crippen LogP contribution in [-0.2, 0) is 15.7 Å². The molecule has 0 aromatic heterocycles. The molecule has 1 atom stereocenters. The van der Waals surface area contributed by atoms with Gasteiger partial charge in [0.25, 0.3) is 0 Å². The molecule has 1 aromatic rings. The SMILES string of the molecule is CCC1(N)C(=O)NCC(C)(C)c2ccccc21. The maximum atomic E-state index is 12.2. The maximum Gasteiger partial charge on any atom is 0.244 e. The average molecular weight is 232 g/mol. The van der Waals surface area contributed by atoms with Crippen LogP contribution >= 0.6 is 0 Å². The van der Waals surface area contributed by atoms with E-state index in [1.54, 1.807) is 0 Å². The third-order valence-corrected chi connectivity index (χ3v) is 3.79. The standard InChI is InChI=1S/C14H20N2O/c1-4-14(15)11-8-6-5-7-10(11)13(2,3)9-16-12(14)17/h5-8H,4,9,15H2,1-3H3,(H,16,17). The van der Waals surface area contributed by atoms with Crippen molar-refractivity contribution in [2.45, 2.75) is 38.1 Å². The summed E-state index contributed by atoms with van der Waals surface area (Å²) in [4.78, 5) is 12.2. The fourth-order valence-corrected chi connectivity index (χ4v) is 2.49. The molecule has 0 fully saturated rings. The lowest BCUT2D eigenvalue weighted by atomic mass is 9.77. The molecule has 0 saturated carbocycles. The average Bonchev–Trinajstić information content (AvgIpc) is 2.41. The summed E-state index contributed by atoms with van der Waals surface area (Å²) < 4.78 is 0. The predicted molar refractivity (Wildman–Crippen MR) is 68.6 cm³/mol. The first kappa shape index (κ1) is 12.1. The quantitative estimate of drug-likeness (QED) is 0.773. The minimum Gasteiger partial charge on any atom is -0.353 e. The summed E-state index contributed by atoms with van der Waals surface area (Å²) >= 11 is 0. The van der Waals surface area contributed by atoms with E-state index in [0.29, 0.717) is 13.0 Å². The van der Waals surface area contributed by atoms with Crippen LogP contribution in [0.15, 0.2) is 24.3 Å². The summed E-state index contributed by atoms with van der Waals surface area (Å²) in [5.41, 5.74) is 7.47. The lowest BCUT2D eigenvalue weighted by Crippen LogP contribution is -2.50. The van der Waals surface area contributed by atoms with Crippen molar-refractivity contribution in [2.24, 2.45) is 5.73 Å². The molecule has 3 nitrogen and oxygen atoms in total. The van der Waals surface area contributed by atoms with E-state index in [1.807, 2.05) is 25.1 Å². The molecular weight excluding hydrogens is 212 g/mol. The van der Waals surface area contributed by atoms with E-state index in [4.69, 9.17) is 5.73 Å². The second kappa shape index (κ2) is 3.84. The number of carbonyl (C=O) groups is 1. The topological polar surface area (TPSA) is 55.1 Å². The van der Waals surface area contributed by atoms with Crippen LogP contribution in [0, 0.1) is 0 Å². The molecule has 3 N–H and O–H groups in total. The van der Waals surface area contributed by atoms with Gasteiger partial charge in [-0.3, -0.25) is 4.79 Å².